The molecule has 0 atom stereocenters. The van der Waals surface area contributed by atoms with Crippen LogP contribution < -0.4 is 0 Å². The number of allylic oxidation sites excluding steroid dienone is 3. The maximum atomic E-state index is 2.26. The molecule has 1 fully saturated rings. The van der Waals surface area contributed by atoms with Gasteiger partial charge in [0, 0.05) is 42.3 Å². The van der Waals surface area contributed by atoms with Crippen molar-refractivity contribution in [2.45, 2.75) is 19.3 Å². The topological polar surface area (TPSA) is 9.72 Å². The minimum Gasteiger partial charge on any atom is -0.384 e. The number of hydrogen-bond acceptors (Lipinski definition) is 3. The molecule has 0 unspecified atom stereocenters. The Labute approximate surface area is 112 Å². The van der Waals surface area contributed by atoms with E-state index in [0.29, 0.717) is 0 Å². The first-order chi connectivity index (χ1) is 8.36. The Balaban J connectivity index is 2.93. The SMILES string of the molecule is CN(C)C=C1CC(=CN(C)C)CC(=CN(C)C)C1. The average molecular weight is 249 g/mol. The molecule has 0 spiro atoms. The van der Waals surface area contributed by atoms with Crippen LogP contribution >= 0.6 is 0 Å². The van der Waals surface area contributed by atoms with Crippen LogP contribution in [0.15, 0.2) is 35.3 Å². The summed E-state index contributed by atoms with van der Waals surface area (Å²) < 4.78 is 0. The third-order valence-corrected chi connectivity index (χ3v) is 2.68. The number of rotatable bonds is 3. The van der Waals surface area contributed by atoms with Crippen molar-refractivity contribution in [2.75, 3.05) is 42.3 Å². The van der Waals surface area contributed by atoms with E-state index in [-0.39, 0.29) is 0 Å². The fourth-order valence-electron chi connectivity index (χ4n) is 2.43. The molecule has 0 aromatic rings. The van der Waals surface area contributed by atoms with E-state index < -0.39 is 0 Å². The molecule has 102 valence electrons. The van der Waals surface area contributed by atoms with Crippen LogP contribution in [0.2, 0.25) is 0 Å². The molecular formula is C15H27N3. The van der Waals surface area contributed by atoms with Crippen molar-refractivity contribution in [3.8, 4) is 0 Å². The Morgan fingerprint density at radius 1 is 0.556 bits per heavy atom. The predicted molar refractivity (Wildman–Crippen MR) is 79.2 cm³/mol. The zero-order valence-corrected chi connectivity index (χ0v) is 12.7. The lowest BCUT2D eigenvalue weighted by Crippen LogP contribution is -2.12. The molecule has 0 aromatic carbocycles. The van der Waals surface area contributed by atoms with Crippen molar-refractivity contribution < 1.29 is 0 Å². The van der Waals surface area contributed by atoms with Crippen LogP contribution in [0.5, 0.6) is 0 Å². The molecule has 3 nitrogen and oxygen atoms in total. The molecule has 1 aliphatic rings. The van der Waals surface area contributed by atoms with Gasteiger partial charge in [-0.05, 0) is 54.6 Å². The summed E-state index contributed by atoms with van der Waals surface area (Å²) in [5.41, 5.74) is 4.48. The first kappa shape index (κ1) is 14.7. The molecule has 0 bridgehead atoms. The molecule has 0 heterocycles. The zero-order valence-electron chi connectivity index (χ0n) is 12.7. The first-order valence-corrected chi connectivity index (χ1v) is 6.45. The number of hydrogen-bond donors (Lipinski definition) is 0. The Hall–Kier alpha value is -1.38. The van der Waals surface area contributed by atoms with Gasteiger partial charge in [-0.1, -0.05) is 0 Å². The summed E-state index contributed by atoms with van der Waals surface area (Å²) in [6.45, 7) is 0. The maximum absolute atomic E-state index is 2.26. The van der Waals surface area contributed by atoms with Crippen LogP contribution in [0.1, 0.15) is 19.3 Å². The highest BCUT2D eigenvalue weighted by molar-refractivity contribution is 5.31. The third-order valence-electron chi connectivity index (χ3n) is 2.68. The first-order valence-electron chi connectivity index (χ1n) is 6.45. The molecule has 3 heteroatoms. The van der Waals surface area contributed by atoms with E-state index in [4.69, 9.17) is 0 Å². The normalized spacial score (nSPS) is 15.3. The second-order valence-corrected chi connectivity index (χ2v) is 5.78. The molecule has 1 rings (SSSR count). The van der Waals surface area contributed by atoms with Crippen LogP contribution in [0.25, 0.3) is 0 Å². The van der Waals surface area contributed by atoms with Crippen molar-refractivity contribution >= 4 is 0 Å². The van der Waals surface area contributed by atoms with Crippen LogP contribution in [-0.2, 0) is 0 Å². The highest BCUT2D eigenvalue weighted by Gasteiger charge is 2.15. The van der Waals surface area contributed by atoms with Gasteiger partial charge in [-0.3, -0.25) is 0 Å². The van der Waals surface area contributed by atoms with E-state index in [9.17, 15) is 0 Å². The van der Waals surface area contributed by atoms with Gasteiger partial charge in [0.25, 0.3) is 0 Å². The van der Waals surface area contributed by atoms with Gasteiger partial charge in [0.15, 0.2) is 0 Å². The summed E-state index contributed by atoms with van der Waals surface area (Å²) in [6, 6.07) is 0. The standard InChI is InChI=1S/C15H27N3/c1-16(2)10-13-7-14(11-17(3)4)9-15(8-13)12-18(5)6/h10-12H,7-9H2,1-6H3. The Morgan fingerprint density at radius 2 is 0.778 bits per heavy atom. The van der Waals surface area contributed by atoms with Crippen LogP contribution in [0, 0.1) is 0 Å². The molecule has 0 amide bonds. The zero-order chi connectivity index (χ0) is 13.7. The summed E-state index contributed by atoms with van der Waals surface area (Å²) >= 11 is 0. The molecule has 18 heavy (non-hydrogen) atoms. The second-order valence-electron chi connectivity index (χ2n) is 5.78. The minimum absolute atomic E-state index is 1.10. The van der Waals surface area contributed by atoms with Crippen LogP contribution in [0.4, 0.5) is 0 Å². The molecule has 0 aromatic heterocycles. The van der Waals surface area contributed by atoms with E-state index in [2.05, 4.69) is 75.6 Å². The van der Waals surface area contributed by atoms with E-state index in [1.165, 1.54) is 16.7 Å². The van der Waals surface area contributed by atoms with Gasteiger partial charge in [0.05, 0.1) is 0 Å². The lowest BCUT2D eigenvalue weighted by molar-refractivity contribution is 0.533. The van der Waals surface area contributed by atoms with Gasteiger partial charge in [0.2, 0.25) is 0 Å². The highest BCUT2D eigenvalue weighted by Crippen LogP contribution is 2.32. The lowest BCUT2D eigenvalue weighted by Gasteiger charge is -2.24. The summed E-state index contributed by atoms with van der Waals surface area (Å²) in [6.07, 6.45) is 10.1. The van der Waals surface area contributed by atoms with Crippen molar-refractivity contribution in [3.05, 3.63) is 35.3 Å². The summed E-state index contributed by atoms with van der Waals surface area (Å²) in [5.74, 6) is 0. The second kappa shape index (κ2) is 6.53. The minimum atomic E-state index is 1.10. The van der Waals surface area contributed by atoms with Crippen molar-refractivity contribution in [1.82, 2.24) is 14.7 Å². The van der Waals surface area contributed by atoms with E-state index in [1.807, 2.05) is 0 Å². The molecule has 0 saturated heterocycles. The van der Waals surface area contributed by atoms with Crippen molar-refractivity contribution in [3.63, 3.8) is 0 Å². The average Bonchev–Trinajstić information content (AvgIpc) is 2.12. The van der Waals surface area contributed by atoms with Gasteiger partial charge < -0.3 is 14.7 Å². The summed E-state index contributed by atoms with van der Waals surface area (Å²) in [5, 5.41) is 0. The van der Waals surface area contributed by atoms with E-state index in [0.717, 1.165) is 19.3 Å². The van der Waals surface area contributed by atoms with E-state index in [1.54, 1.807) is 0 Å². The Kier molecular flexibility index (Phi) is 5.32. The van der Waals surface area contributed by atoms with Crippen molar-refractivity contribution in [1.29, 1.82) is 0 Å². The highest BCUT2D eigenvalue weighted by atomic mass is 15.0. The van der Waals surface area contributed by atoms with Gasteiger partial charge in [-0.2, -0.15) is 0 Å². The Bertz CT molecular complexity index is 291. The van der Waals surface area contributed by atoms with Crippen LogP contribution in [-0.4, -0.2) is 57.0 Å². The van der Waals surface area contributed by atoms with Gasteiger partial charge in [-0.25, -0.2) is 0 Å². The quantitative estimate of drug-likeness (QED) is 0.761. The Morgan fingerprint density at radius 3 is 0.944 bits per heavy atom. The van der Waals surface area contributed by atoms with Gasteiger partial charge >= 0.3 is 0 Å². The molecule has 0 aliphatic heterocycles. The fraction of sp³-hybridized carbons (Fsp3) is 0.600. The molecule has 1 saturated carbocycles. The smallest absolute Gasteiger partial charge is 0.00556 e. The molecule has 0 N–H and O–H groups in total. The fourth-order valence-corrected chi connectivity index (χ4v) is 2.43. The lowest BCUT2D eigenvalue weighted by atomic mass is 9.87. The van der Waals surface area contributed by atoms with Gasteiger partial charge in [-0.15, -0.1) is 0 Å². The van der Waals surface area contributed by atoms with E-state index >= 15 is 0 Å². The third kappa shape index (κ3) is 5.30. The molecular weight excluding hydrogens is 222 g/mol. The maximum Gasteiger partial charge on any atom is 0.00556 e. The number of nitrogens with zero attached hydrogens (tertiary/aromatic N) is 3. The van der Waals surface area contributed by atoms with Crippen LogP contribution in [0.3, 0.4) is 0 Å². The monoisotopic (exact) mass is 249 g/mol. The molecule has 0 radical (unpaired) electrons. The predicted octanol–water partition coefficient (Wildman–Crippen LogP) is 2.51. The van der Waals surface area contributed by atoms with Crippen molar-refractivity contribution in [2.24, 2.45) is 0 Å². The van der Waals surface area contributed by atoms with Gasteiger partial charge in [0.1, 0.15) is 0 Å². The summed E-state index contributed by atoms with van der Waals surface area (Å²) in [7, 11) is 12.5. The summed E-state index contributed by atoms with van der Waals surface area (Å²) in [4.78, 5) is 6.42. The largest absolute Gasteiger partial charge is 0.384 e. The molecule has 1 aliphatic carbocycles.